The van der Waals surface area contributed by atoms with Crippen molar-refractivity contribution in [3.8, 4) is 10.6 Å². The van der Waals surface area contributed by atoms with Crippen molar-refractivity contribution < 1.29 is 13.9 Å². The molecule has 0 aliphatic carbocycles. The van der Waals surface area contributed by atoms with Crippen LogP contribution in [0.15, 0.2) is 22.7 Å². The number of anilines is 1. The number of benzene rings is 1. The summed E-state index contributed by atoms with van der Waals surface area (Å²) < 4.78 is 19.3. The first-order valence-corrected chi connectivity index (χ1v) is 7.46. The van der Waals surface area contributed by atoms with Crippen molar-refractivity contribution >= 4 is 50.7 Å². The molecular formula is C12H13BrClFN4O2S. The van der Waals surface area contributed by atoms with Gasteiger partial charge in [-0.2, -0.15) is 0 Å². The summed E-state index contributed by atoms with van der Waals surface area (Å²) in [6.07, 6.45) is 0. The van der Waals surface area contributed by atoms with E-state index in [1.807, 2.05) is 0 Å². The Morgan fingerprint density at radius 3 is 2.95 bits per heavy atom. The van der Waals surface area contributed by atoms with E-state index in [4.69, 9.17) is 10.5 Å². The average Bonchev–Trinajstić information content (AvgIpc) is 2.90. The minimum atomic E-state index is -0.801. The minimum Gasteiger partial charge on any atom is -0.383 e. The van der Waals surface area contributed by atoms with Crippen LogP contribution in [-0.2, 0) is 9.53 Å². The molecule has 2 rings (SSSR count). The van der Waals surface area contributed by atoms with Crippen molar-refractivity contribution in [1.29, 1.82) is 0 Å². The number of hydrogen-bond donors (Lipinski definition) is 2. The number of halogens is 3. The van der Waals surface area contributed by atoms with Crippen LogP contribution in [0.4, 0.5) is 9.52 Å². The maximum Gasteiger partial charge on any atom is 0.245 e. The molecular weight excluding hydrogens is 399 g/mol. The molecule has 1 aromatic carbocycles. The van der Waals surface area contributed by atoms with E-state index in [-0.39, 0.29) is 24.1 Å². The zero-order valence-electron chi connectivity index (χ0n) is 11.4. The molecule has 6 nitrogen and oxygen atoms in total. The van der Waals surface area contributed by atoms with Gasteiger partial charge in [-0.05, 0) is 18.2 Å². The fourth-order valence-electron chi connectivity index (χ4n) is 1.50. The van der Waals surface area contributed by atoms with E-state index in [2.05, 4.69) is 31.4 Å². The molecule has 10 heteroatoms. The SMILES string of the molecule is COCC(N)C(=O)Nc1nnc(-c2cc(Br)ccc2F)s1.Cl. The molecule has 1 amide bonds. The number of ether oxygens (including phenoxy) is 1. The van der Waals surface area contributed by atoms with Gasteiger partial charge in [-0.25, -0.2) is 4.39 Å². The summed E-state index contributed by atoms with van der Waals surface area (Å²) in [4.78, 5) is 11.7. The summed E-state index contributed by atoms with van der Waals surface area (Å²) in [5.74, 6) is -0.849. The van der Waals surface area contributed by atoms with E-state index >= 15 is 0 Å². The number of nitrogens with zero attached hydrogens (tertiary/aromatic N) is 2. The largest absolute Gasteiger partial charge is 0.383 e. The fraction of sp³-hybridized carbons (Fsp3) is 0.250. The van der Waals surface area contributed by atoms with E-state index in [1.165, 1.54) is 13.2 Å². The zero-order chi connectivity index (χ0) is 15.4. The Bertz CT molecular complexity index is 658. The van der Waals surface area contributed by atoms with Gasteiger partial charge in [-0.15, -0.1) is 22.6 Å². The third kappa shape index (κ3) is 4.68. The number of hydrogen-bond acceptors (Lipinski definition) is 6. The second kappa shape index (κ2) is 8.49. The molecule has 3 N–H and O–H groups in total. The highest BCUT2D eigenvalue weighted by Gasteiger charge is 2.17. The lowest BCUT2D eigenvalue weighted by atomic mass is 10.2. The first kappa shape index (κ1) is 18.9. The number of methoxy groups -OCH3 is 1. The molecule has 2 aromatic rings. The van der Waals surface area contributed by atoms with Crippen LogP contribution in [-0.4, -0.2) is 35.9 Å². The second-order valence-corrected chi connectivity index (χ2v) is 5.98. The molecule has 0 spiro atoms. The summed E-state index contributed by atoms with van der Waals surface area (Å²) in [6, 6.07) is 3.71. The predicted octanol–water partition coefficient (Wildman–Crippen LogP) is 2.44. The lowest BCUT2D eigenvalue weighted by Crippen LogP contribution is -2.39. The molecule has 1 unspecified atom stereocenters. The fourth-order valence-corrected chi connectivity index (χ4v) is 2.62. The van der Waals surface area contributed by atoms with Crippen LogP contribution in [0.25, 0.3) is 10.6 Å². The quantitative estimate of drug-likeness (QED) is 0.789. The molecule has 0 saturated carbocycles. The predicted molar refractivity (Wildman–Crippen MR) is 88.7 cm³/mol. The van der Waals surface area contributed by atoms with Crippen LogP contribution < -0.4 is 11.1 Å². The molecule has 0 aliphatic heterocycles. The number of nitrogens with two attached hydrogens (primary N) is 1. The van der Waals surface area contributed by atoms with Crippen molar-refractivity contribution in [3.05, 3.63) is 28.5 Å². The van der Waals surface area contributed by atoms with Gasteiger partial charge < -0.3 is 10.5 Å². The second-order valence-electron chi connectivity index (χ2n) is 4.09. The first-order chi connectivity index (χ1) is 10.0. The highest BCUT2D eigenvalue weighted by atomic mass is 79.9. The van der Waals surface area contributed by atoms with E-state index < -0.39 is 17.8 Å². The summed E-state index contributed by atoms with van der Waals surface area (Å²) in [6.45, 7) is 0.0950. The maximum atomic E-state index is 13.7. The number of nitrogens with one attached hydrogen (secondary N) is 1. The number of aromatic nitrogens is 2. The number of rotatable bonds is 5. The summed E-state index contributed by atoms with van der Waals surface area (Å²) >= 11 is 4.33. The van der Waals surface area contributed by atoms with E-state index in [1.54, 1.807) is 12.1 Å². The molecule has 1 heterocycles. The topological polar surface area (TPSA) is 90.1 Å². The van der Waals surface area contributed by atoms with E-state index in [0.29, 0.717) is 10.6 Å². The molecule has 0 radical (unpaired) electrons. The molecule has 0 saturated heterocycles. The lowest BCUT2D eigenvalue weighted by molar-refractivity contribution is -0.118. The third-order valence-electron chi connectivity index (χ3n) is 2.50. The van der Waals surface area contributed by atoms with Gasteiger partial charge in [0.1, 0.15) is 11.9 Å². The Morgan fingerprint density at radius 2 is 2.27 bits per heavy atom. The Kier molecular flexibility index (Phi) is 7.30. The van der Waals surface area contributed by atoms with Gasteiger partial charge in [0.15, 0.2) is 5.01 Å². The molecule has 1 atom stereocenters. The van der Waals surface area contributed by atoms with Crippen LogP contribution >= 0.6 is 39.7 Å². The van der Waals surface area contributed by atoms with Crippen LogP contribution in [0, 0.1) is 5.82 Å². The standard InChI is InChI=1S/C12H12BrFN4O2S.ClH/c1-20-5-9(15)10(19)16-12-18-17-11(21-12)7-4-6(13)2-3-8(7)14;/h2-4,9H,5,15H2,1H3,(H,16,18,19);1H. The van der Waals surface area contributed by atoms with Crippen molar-refractivity contribution in [3.63, 3.8) is 0 Å². The van der Waals surface area contributed by atoms with E-state index in [0.717, 1.165) is 15.8 Å². The summed E-state index contributed by atoms with van der Waals surface area (Å²) in [7, 11) is 1.45. The number of carbonyl (C=O) groups excluding carboxylic acids is 1. The minimum absolute atomic E-state index is 0. The van der Waals surface area contributed by atoms with Gasteiger partial charge in [0.05, 0.1) is 6.61 Å². The zero-order valence-corrected chi connectivity index (χ0v) is 14.6. The Morgan fingerprint density at radius 1 is 1.55 bits per heavy atom. The van der Waals surface area contributed by atoms with Crippen molar-refractivity contribution in [2.24, 2.45) is 5.73 Å². The van der Waals surface area contributed by atoms with Crippen molar-refractivity contribution in [2.75, 3.05) is 19.0 Å². The highest BCUT2D eigenvalue weighted by Crippen LogP contribution is 2.30. The molecule has 0 fully saturated rings. The smallest absolute Gasteiger partial charge is 0.245 e. The normalized spacial score (nSPS) is 11.6. The first-order valence-electron chi connectivity index (χ1n) is 5.85. The maximum absolute atomic E-state index is 13.7. The monoisotopic (exact) mass is 410 g/mol. The van der Waals surface area contributed by atoms with Gasteiger partial charge in [0.25, 0.3) is 0 Å². The molecule has 120 valence electrons. The molecule has 0 aliphatic rings. The third-order valence-corrected chi connectivity index (χ3v) is 3.86. The number of carbonyl (C=O) groups is 1. The van der Waals surface area contributed by atoms with Gasteiger partial charge >= 0.3 is 0 Å². The Hall–Kier alpha value is -1.13. The van der Waals surface area contributed by atoms with E-state index in [9.17, 15) is 9.18 Å². The van der Waals surface area contributed by atoms with Crippen molar-refractivity contribution in [1.82, 2.24) is 10.2 Å². The van der Waals surface area contributed by atoms with Gasteiger partial charge in [-0.3, -0.25) is 10.1 Å². The van der Waals surface area contributed by atoms with Crippen LogP contribution in [0.5, 0.6) is 0 Å². The van der Waals surface area contributed by atoms with Crippen LogP contribution in [0.3, 0.4) is 0 Å². The number of amides is 1. The Labute approximate surface area is 144 Å². The summed E-state index contributed by atoms with van der Waals surface area (Å²) in [5.41, 5.74) is 5.90. The average molecular weight is 412 g/mol. The van der Waals surface area contributed by atoms with Crippen LogP contribution in [0.1, 0.15) is 0 Å². The van der Waals surface area contributed by atoms with Crippen LogP contribution in [0.2, 0.25) is 0 Å². The molecule has 1 aromatic heterocycles. The van der Waals surface area contributed by atoms with Gasteiger partial charge in [0.2, 0.25) is 11.0 Å². The molecule has 22 heavy (non-hydrogen) atoms. The summed E-state index contributed by atoms with van der Waals surface area (Å²) in [5, 5.41) is 10.8. The van der Waals surface area contributed by atoms with Gasteiger partial charge in [0, 0.05) is 17.1 Å². The lowest BCUT2D eigenvalue weighted by Gasteiger charge is -2.08. The molecule has 0 bridgehead atoms. The highest BCUT2D eigenvalue weighted by molar-refractivity contribution is 9.10. The van der Waals surface area contributed by atoms with Gasteiger partial charge in [-0.1, -0.05) is 27.3 Å². The van der Waals surface area contributed by atoms with Crippen molar-refractivity contribution in [2.45, 2.75) is 6.04 Å². The Balaban J connectivity index is 0.00000242.